The number of carbonyl (C=O) groups excluding carboxylic acids is 1. The lowest BCUT2D eigenvalue weighted by molar-refractivity contribution is -0.127. The first-order valence-corrected chi connectivity index (χ1v) is 8.03. The fourth-order valence-electron chi connectivity index (χ4n) is 2.47. The fraction of sp³-hybridized carbons (Fsp3) is 0.235. The average Bonchev–Trinajstić information content (AvgIpc) is 3.02. The van der Waals surface area contributed by atoms with Crippen LogP contribution in [0.5, 0.6) is 5.75 Å². The van der Waals surface area contributed by atoms with E-state index in [9.17, 15) is 4.79 Å². The molecule has 8 heteroatoms. The number of halogens is 1. The van der Waals surface area contributed by atoms with Gasteiger partial charge in [0.25, 0.3) is 5.91 Å². The van der Waals surface area contributed by atoms with Crippen LogP contribution in [0.4, 0.5) is 0 Å². The number of benzene rings is 2. The minimum absolute atomic E-state index is 0.204. The minimum Gasteiger partial charge on any atom is -0.496 e. The maximum absolute atomic E-state index is 12.2. The van der Waals surface area contributed by atoms with Crippen molar-refractivity contribution in [2.24, 2.45) is 0 Å². The van der Waals surface area contributed by atoms with Crippen LogP contribution in [0.25, 0.3) is 11.0 Å². The number of hydrogen-bond acceptors (Lipinski definition) is 5. The van der Waals surface area contributed by atoms with Gasteiger partial charge in [-0.25, -0.2) is 0 Å². The minimum atomic E-state index is -0.288. The Balaban J connectivity index is 1.63. The number of hydrogen-bond donors (Lipinski definition) is 1. The van der Waals surface area contributed by atoms with E-state index in [1.807, 2.05) is 31.2 Å². The first-order valence-electron chi connectivity index (χ1n) is 7.65. The van der Waals surface area contributed by atoms with Crippen molar-refractivity contribution >= 4 is 28.5 Å². The van der Waals surface area contributed by atoms with Gasteiger partial charge in [0, 0.05) is 10.6 Å². The van der Waals surface area contributed by atoms with Crippen LogP contribution in [-0.2, 0) is 4.79 Å². The van der Waals surface area contributed by atoms with Crippen molar-refractivity contribution in [3.8, 4) is 5.75 Å². The molecule has 0 aliphatic rings. The Morgan fingerprint density at radius 2 is 2.12 bits per heavy atom. The van der Waals surface area contributed by atoms with Gasteiger partial charge in [-0.1, -0.05) is 34.6 Å². The highest BCUT2D eigenvalue weighted by Crippen LogP contribution is 2.24. The summed E-state index contributed by atoms with van der Waals surface area (Å²) >= 11 is 5.96. The highest BCUT2D eigenvalue weighted by molar-refractivity contribution is 6.31. The molecule has 1 amide bonds. The van der Waals surface area contributed by atoms with E-state index < -0.39 is 0 Å². The summed E-state index contributed by atoms with van der Waals surface area (Å²) in [7, 11) is 1.59. The monoisotopic (exact) mass is 360 g/mol. The smallest absolute Gasteiger partial charge is 0.261 e. The highest BCUT2D eigenvalue weighted by atomic mass is 35.5. The van der Waals surface area contributed by atoms with Crippen LogP contribution < -0.4 is 14.9 Å². The lowest BCUT2D eigenvalue weighted by Crippen LogP contribution is -2.34. The van der Waals surface area contributed by atoms with Gasteiger partial charge in [-0.15, -0.1) is 5.10 Å². The van der Waals surface area contributed by atoms with Crippen molar-refractivity contribution in [1.82, 2.24) is 20.5 Å². The molecule has 1 atom stereocenters. The number of para-hydroxylation sites is 1. The van der Waals surface area contributed by atoms with Gasteiger partial charge in [0.15, 0.2) is 6.61 Å². The quantitative estimate of drug-likeness (QED) is 0.730. The third kappa shape index (κ3) is 3.83. The van der Waals surface area contributed by atoms with Gasteiger partial charge in [0.05, 0.1) is 13.2 Å². The zero-order valence-electron chi connectivity index (χ0n) is 13.8. The van der Waals surface area contributed by atoms with Crippen molar-refractivity contribution in [3.63, 3.8) is 0 Å². The Morgan fingerprint density at radius 3 is 2.92 bits per heavy atom. The van der Waals surface area contributed by atoms with E-state index in [-0.39, 0.29) is 18.6 Å². The summed E-state index contributed by atoms with van der Waals surface area (Å²) < 4.78 is 5.31. The van der Waals surface area contributed by atoms with Gasteiger partial charge in [-0.2, -0.15) is 0 Å². The van der Waals surface area contributed by atoms with Gasteiger partial charge in [0.2, 0.25) is 0 Å². The molecule has 130 valence electrons. The Labute approximate surface area is 149 Å². The molecule has 0 fully saturated rings. The van der Waals surface area contributed by atoms with Crippen molar-refractivity contribution < 1.29 is 14.4 Å². The topological polar surface area (TPSA) is 78.3 Å². The molecule has 0 saturated heterocycles. The van der Waals surface area contributed by atoms with E-state index in [1.54, 1.807) is 25.3 Å². The van der Waals surface area contributed by atoms with Crippen molar-refractivity contribution in [1.29, 1.82) is 0 Å². The van der Waals surface area contributed by atoms with E-state index in [1.165, 1.54) is 4.85 Å². The van der Waals surface area contributed by atoms with E-state index in [0.717, 1.165) is 5.56 Å². The predicted octanol–water partition coefficient (Wildman–Crippen LogP) is 2.40. The molecule has 1 unspecified atom stereocenters. The van der Waals surface area contributed by atoms with Crippen LogP contribution in [0.15, 0.2) is 42.5 Å². The van der Waals surface area contributed by atoms with Gasteiger partial charge < -0.3 is 14.9 Å². The average molecular weight is 361 g/mol. The van der Waals surface area contributed by atoms with Gasteiger partial charge in [-0.05, 0) is 36.4 Å². The molecule has 7 nitrogen and oxygen atoms in total. The van der Waals surface area contributed by atoms with Crippen LogP contribution in [0.2, 0.25) is 5.02 Å². The maximum atomic E-state index is 12.2. The SMILES string of the molecule is COc1ccccc1C(C)NC(=O)COn1nnc2ccc(Cl)cc21. The standard InChI is InChI=1S/C17H17ClN4O3/c1-11(13-5-3-4-6-16(13)24-2)19-17(23)10-25-22-15-9-12(18)7-8-14(15)20-21-22/h3-9,11H,10H2,1-2H3,(H,19,23). The summed E-state index contributed by atoms with van der Waals surface area (Å²) in [6, 6.07) is 12.4. The van der Waals surface area contributed by atoms with Crippen molar-refractivity contribution in [2.75, 3.05) is 13.7 Å². The molecule has 0 saturated carbocycles. The van der Waals surface area contributed by atoms with Gasteiger partial charge in [-0.3, -0.25) is 4.79 Å². The Kier molecular flexibility index (Phi) is 5.04. The zero-order valence-corrected chi connectivity index (χ0v) is 14.5. The van der Waals surface area contributed by atoms with Crippen molar-refractivity contribution in [2.45, 2.75) is 13.0 Å². The summed E-state index contributed by atoms with van der Waals surface area (Å²) in [6.07, 6.45) is 0. The highest BCUT2D eigenvalue weighted by Gasteiger charge is 2.15. The number of rotatable bonds is 6. The van der Waals surface area contributed by atoms with Crippen molar-refractivity contribution in [3.05, 3.63) is 53.1 Å². The van der Waals surface area contributed by atoms with Gasteiger partial charge >= 0.3 is 0 Å². The van der Waals surface area contributed by atoms with Crippen LogP contribution in [0.1, 0.15) is 18.5 Å². The summed E-state index contributed by atoms with van der Waals surface area (Å²) in [5.41, 5.74) is 2.11. The lowest BCUT2D eigenvalue weighted by atomic mass is 10.1. The Hall–Kier alpha value is -2.80. The molecule has 0 aliphatic carbocycles. The second kappa shape index (κ2) is 7.40. The van der Waals surface area contributed by atoms with E-state index >= 15 is 0 Å². The number of methoxy groups -OCH3 is 1. The second-order valence-corrected chi connectivity index (χ2v) is 5.84. The first-order chi connectivity index (χ1) is 12.1. The number of amides is 1. The number of nitrogens with one attached hydrogen (secondary N) is 1. The molecular weight excluding hydrogens is 344 g/mol. The van der Waals surface area contributed by atoms with Crippen LogP contribution in [0, 0.1) is 0 Å². The van der Waals surface area contributed by atoms with Crippen LogP contribution in [0.3, 0.4) is 0 Å². The molecule has 2 aromatic carbocycles. The maximum Gasteiger partial charge on any atom is 0.261 e. The summed E-state index contributed by atoms with van der Waals surface area (Å²) in [6.45, 7) is 1.67. The summed E-state index contributed by atoms with van der Waals surface area (Å²) in [4.78, 5) is 18.8. The molecule has 0 radical (unpaired) electrons. The molecule has 25 heavy (non-hydrogen) atoms. The lowest BCUT2D eigenvalue weighted by Gasteiger charge is -2.17. The molecule has 1 aromatic heterocycles. The predicted molar refractivity (Wildman–Crippen MR) is 93.5 cm³/mol. The third-order valence-corrected chi connectivity index (χ3v) is 3.91. The first kappa shape index (κ1) is 17.0. The largest absolute Gasteiger partial charge is 0.496 e. The number of ether oxygens (including phenoxy) is 1. The molecule has 0 bridgehead atoms. The number of aromatic nitrogens is 3. The Morgan fingerprint density at radius 1 is 1.32 bits per heavy atom. The zero-order chi connectivity index (χ0) is 17.8. The molecule has 3 rings (SSSR count). The van der Waals surface area contributed by atoms with E-state index in [0.29, 0.717) is 21.8 Å². The normalized spacial score (nSPS) is 12.0. The Bertz CT molecular complexity index is 896. The summed E-state index contributed by atoms with van der Waals surface area (Å²) in [5.74, 6) is 0.428. The second-order valence-electron chi connectivity index (χ2n) is 5.40. The molecular formula is C17H17ClN4O3. The molecule has 0 spiro atoms. The van der Waals surface area contributed by atoms with Gasteiger partial charge in [0.1, 0.15) is 16.8 Å². The van der Waals surface area contributed by atoms with E-state index in [4.69, 9.17) is 21.2 Å². The number of nitrogens with zero attached hydrogens (tertiary/aromatic N) is 3. The van der Waals surface area contributed by atoms with Crippen LogP contribution >= 0.6 is 11.6 Å². The number of fused-ring (bicyclic) bond motifs is 1. The molecule has 0 aliphatic heterocycles. The molecule has 3 aromatic rings. The number of carbonyl (C=O) groups is 1. The molecule has 1 heterocycles. The van der Waals surface area contributed by atoms with Crippen LogP contribution in [-0.4, -0.2) is 34.8 Å². The molecule has 1 N–H and O–H groups in total. The third-order valence-electron chi connectivity index (χ3n) is 3.68. The van der Waals surface area contributed by atoms with E-state index in [2.05, 4.69) is 15.6 Å². The summed E-state index contributed by atoms with van der Waals surface area (Å²) in [5, 5.41) is 11.2. The fourth-order valence-corrected chi connectivity index (χ4v) is 2.64.